The van der Waals surface area contributed by atoms with Crippen molar-refractivity contribution in [3.8, 4) is 6.07 Å². The molecule has 1 aromatic rings. The molecule has 1 fully saturated rings. The lowest BCUT2D eigenvalue weighted by molar-refractivity contribution is 0.492. The average Bonchev–Trinajstić information content (AvgIpc) is 2.37. The third-order valence-electron chi connectivity index (χ3n) is 3.33. The van der Waals surface area contributed by atoms with E-state index in [1.165, 1.54) is 10.9 Å². The number of benzene rings is 1. The Kier molecular flexibility index (Phi) is 2.16. The molecule has 2 aliphatic rings. The van der Waals surface area contributed by atoms with Gasteiger partial charge in [-0.3, -0.25) is 5.32 Å². The Balaban J connectivity index is 2.32. The maximum absolute atomic E-state index is 9.08. The van der Waals surface area contributed by atoms with Crippen LogP contribution in [0, 0.1) is 17.2 Å². The minimum Gasteiger partial charge on any atom is -0.375 e. The molecule has 1 aromatic carbocycles. The molecule has 1 aliphatic heterocycles. The van der Waals surface area contributed by atoms with E-state index in [0.29, 0.717) is 5.92 Å². The molecule has 16 heavy (non-hydrogen) atoms. The first-order chi connectivity index (χ1) is 7.90. The van der Waals surface area contributed by atoms with Crippen LogP contribution < -0.4 is 21.1 Å². The van der Waals surface area contributed by atoms with E-state index in [9.17, 15) is 0 Å². The van der Waals surface area contributed by atoms with Crippen LogP contribution in [0.3, 0.4) is 0 Å². The summed E-state index contributed by atoms with van der Waals surface area (Å²) >= 11 is 0. The van der Waals surface area contributed by atoms with E-state index in [0.717, 1.165) is 30.4 Å². The van der Waals surface area contributed by atoms with E-state index in [1.54, 1.807) is 0 Å². The highest BCUT2D eigenvalue weighted by Crippen LogP contribution is 2.16. The van der Waals surface area contributed by atoms with Crippen LogP contribution in [0.5, 0.6) is 0 Å². The first kappa shape index (κ1) is 9.44. The predicted octanol–water partition coefficient (Wildman–Crippen LogP) is -0.383. The number of hydrogen-bond acceptors (Lipinski definition) is 3. The quantitative estimate of drug-likeness (QED) is 0.615. The number of fused-ring (bicyclic) bond motifs is 2. The zero-order valence-corrected chi connectivity index (χ0v) is 8.96. The normalized spacial score (nSPS) is 22.2. The third kappa shape index (κ3) is 1.31. The van der Waals surface area contributed by atoms with Gasteiger partial charge < -0.3 is 5.32 Å². The fraction of sp³-hybridized carbons (Fsp3) is 0.308. The topological polar surface area (TPSA) is 47.9 Å². The summed E-state index contributed by atoms with van der Waals surface area (Å²) in [6, 6.07) is 8.22. The molecule has 3 nitrogen and oxygen atoms in total. The minimum absolute atomic E-state index is 0.537. The summed E-state index contributed by atoms with van der Waals surface area (Å²) in [6.45, 7) is 1.84. The van der Waals surface area contributed by atoms with Crippen molar-refractivity contribution < 1.29 is 0 Å². The van der Waals surface area contributed by atoms with Crippen molar-refractivity contribution in [2.24, 2.45) is 5.92 Å². The number of nitrogens with one attached hydrogen (secondary N) is 2. The fourth-order valence-electron chi connectivity index (χ4n) is 2.54. The van der Waals surface area contributed by atoms with E-state index < -0.39 is 0 Å². The molecule has 0 amide bonds. The smallest absolute Gasteiger partial charge is 0.0998 e. The second kappa shape index (κ2) is 3.66. The van der Waals surface area contributed by atoms with Crippen molar-refractivity contribution in [3.63, 3.8) is 0 Å². The summed E-state index contributed by atoms with van der Waals surface area (Å²) in [7, 11) is 0. The lowest BCUT2D eigenvalue weighted by Gasteiger charge is -2.29. The largest absolute Gasteiger partial charge is 0.375 e. The molecule has 1 atom stereocenters. The highest BCUT2D eigenvalue weighted by Gasteiger charge is 2.20. The van der Waals surface area contributed by atoms with Crippen molar-refractivity contribution in [2.75, 3.05) is 13.2 Å². The van der Waals surface area contributed by atoms with Crippen LogP contribution in [-0.2, 0) is 0 Å². The molecule has 3 rings (SSSR count). The molecule has 0 saturated carbocycles. The van der Waals surface area contributed by atoms with Crippen LogP contribution in [-0.4, -0.2) is 13.2 Å². The molecule has 0 radical (unpaired) electrons. The number of nitriles is 1. The van der Waals surface area contributed by atoms with Crippen LogP contribution in [0.1, 0.15) is 12.0 Å². The molecule has 0 bridgehead atoms. The van der Waals surface area contributed by atoms with E-state index in [2.05, 4.69) is 28.8 Å². The molecule has 1 aliphatic carbocycles. The maximum atomic E-state index is 9.08. The summed E-state index contributed by atoms with van der Waals surface area (Å²) in [4.78, 5) is 0. The minimum atomic E-state index is 0.537. The second-order valence-corrected chi connectivity index (χ2v) is 4.24. The van der Waals surface area contributed by atoms with Gasteiger partial charge in [-0.2, -0.15) is 5.26 Å². The SMILES string of the molecule is N#Cc1cccc2c1=CCC1CNCNC=21. The Morgan fingerprint density at radius 2 is 2.31 bits per heavy atom. The summed E-state index contributed by atoms with van der Waals surface area (Å²) in [5.41, 5.74) is 2.08. The Morgan fingerprint density at radius 1 is 1.38 bits per heavy atom. The Hall–Kier alpha value is -1.79. The molecular weight excluding hydrogens is 198 g/mol. The molecule has 0 aromatic heterocycles. The highest BCUT2D eigenvalue weighted by atomic mass is 15.1. The maximum Gasteiger partial charge on any atom is 0.0998 e. The monoisotopic (exact) mass is 211 g/mol. The van der Waals surface area contributed by atoms with Crippen LogP contribution in [0.4, 0.5) is 0 Å². The summed E-state index contributed by atoms with van der Waals surface area (Å²) in [5.74, 6) is 0.537. The zero-order valence-electron chi connectivity index (χ0n) is 8.96. The van der Waals surface area contributed by atoms with Crippen molar-refractivity contribution in [2.45, 2.75) is 6.42 Å². The molecule has 0 spiro atoms. The first-order valence-electron chi connectivity index (χ1n) is 5.58. The number of rotatable bonds is 0. The summed E-state index contributed by atoms with van der Waals surface area (Å²) in [5, 5.41) is 18.1. The predicted molar refractivity (Wildman–Crippen MR) is 62.4 cm³/mol. The van der Waals surface area contributed by atoms with Gasteiger partial charge in [0, 0.05) is 23.4 Å². The molecule has 80 valence electrons. The number of hydrogen-bond donors (Lipinski definition) is 2. The van der Waals surface area contributed by atoms with Gasteiger partial charge in [-0.15, -0.1) is 0 Å². The van der Waals surface area contributed by atoms with Crippen molar-refractivity contribution in [1.29, 1.82) is 5.26 Å². The average molecular weight is 211 g/mol. The van der Waals surface area contributed by atoms with Gasteiger partial charge in [0.15, 0.2) is 0 Å². The molecule has 3 heteroatoms. The van der Waals surface area contributed by atoms with Crippen LogP contribution >= 0.6 is 0 Å². The van der Waals surface area contributed by atoms with E-state index in [-0.39, 0.29) is 0 Å². The van der Waals surface area contributed by atoms with Gasteiger partial charge in [0.2, 0.25) is 0 Å². The lowest BCUT2D eigenvalue weighted by atomic mass is 9.91. The van der Waals surface area contributed by atoms with E-state index >= 15 is 0 Å². The Labute approximate surface area is 94.1 Å². The lowest BCUT2D eigenvalue weighted by Crippen LogP contribution is -2.48. The third-order valence-corrected chi connectivity index (χ3v) is 3.33. The van der Waals surface area contributed by atoms with Gasteiger partial charge in [0.1, 0.15) is 0 Å². The standard InChI is InChI=1S/C13H13N3/c14-6-9-2-1-3-12-11(9)5-4-10-7-15-8-16-13(10)12/h1-3,5,10,15-16H,4,7-8H2. The second-order valence-electron chi connectivity index (χ2n) is 4.24. The molecule has 2 N–H and O–H groups in total. The van der Waals surface area contributed by atoms with Gasteiger partial charge >= 0.3 is 0 Å². The van der Waals surface area contributed by atoms with Gasteiger partial charge in [-0.05, 0) is 17.7 Å². The highest BCUT2D eigenvalue weighted by molar-refractivity contribution is 5.56. The fourth-order valence-corrected chi connectivity index (χ4v) is 2.54. The van der Waals surface area contributed by atoms with Crippen LogP contribution in [0.25, 0.3) is 11.8 Å². The number of nitrogens with zero attached hydrogens (tertiary/aromatic N) is 1. The molecule has 1 heterocycles. The van der Waals surface area contributed by atoms with E-state index in [4.69, 9.17) is 5.26 Å². The van der Waals surface area contributed by atoms with Gasteiger partial charge in [-0.25, -0.2) is 0 Å². The van der Waals surface area contributed by atoms with Crippen LogP contribution in [0.2, 0.25) is 0 Å². The van der Waals surface area contributed by atoms with Crippen molar-refractivity contribution in [3.05, 3.63) is 34.2 Å². The van der Waals surface area contributed by atoms with Gasteiger partial charge in [-0.1, -0.05) is 18.2 Å². The molecule has 1 saturated heterocycles. The zero-order chi connectivity index (χ0) is 11.0. The van der Waals surface area contributed by atoms with Gasteiger partial charge in [0.05, 0.1) is 18.3 Å². The summed E-state index contributed by atoms with van der Waals surface area (Å²) in [6.07, 6.45) is 3.21. The molecule has 1 unspecified atom stereocenters. The van der Waals surface area contributed by atoms with Crippen molar-refractivity contribution >= 4 is 11.8 Å². The van der Waals surface area contributed by atoms with E-state index in [1.807, 2.05) is 12.1 Å². The first-order valence-corrected chi connectivity index (χ1v) is 5.58. The molecular formula is C13H13N3. The Morgan fingerprint density at radius 3 is 3.19 bits per heavy atom. The van der Waals surface area contributed by atoms with Gasteiger partial charge in [0.25, 0.3) is 0 Å². The Bertz CT molecular complexity index is 580. The van der Waals surface area contributed by atoms with Crippen molar-refractivity contribution in [1.82, 2.24) is 10.6 Å². The van der Waals surface area contributed by atoms with Crippen LogP contribution in [0.15, 0.2) is 18.2 Å². The summed E-state index contributed by atoms with van der Waals surface area (Å²) < 4.78 is 0.